The number of hydrogen-bond donors (Lipinski definition) is 1. The highest BCUT2D eigenvalue weighted by atomic mass is 79.9. The molecule has 0 spiro atoms. The first-order valence-electron chi connectivity index (χ1n) is 5.80. The number of amides is 1. The lowest BCUT2D eigenvalue weighted by Gasteiger charge is -2.17. The van der Waals surface area contributed by atoms with Crippen molar-refractivity contribution in [1.82, 2.24) is 4.98 Å². The van der Waals surface area contributed by atoms with Gasteiger partial charge in [-0.3, -0.25) is 4.79 Å². The first-order chi connectivity index (χ1) is 9.30. The van der Waals surface area contributed by atoms with E-state index in [0.29, 0.717) is 22.6 Å². The van der Waals surface area contributed by atoms with E-state index < -0.39 is 10.0 Å². The Morgan fingerprint density at radius 2 is 2.30 bits per heavy atom. The Kier molecular flexibility index (Phi) is 4.31. The van der Waals surface area contributed by atoms with Crippen LogP contribution >= 0.6 is 15.9 Å². The number of pyridine rings is 1. The molecule has 7 nitrogen and oxygen atoms in total. The third kappa shape index (κ3) is 3.47. The number of hydrogen-bond acceptors (Lipinski definition) is 5. The Balaban J connectivity index is 2.18. The standard InChI is InChI=1S/C11H14BrN3O4S/c1-19-11-9(12)3-8(4-14-11)15-5-7(2-10(15)16)6-20(13,17)18/h3-4,7H,2,5-6H2,1H3,(H2,13,17,18). The van der Waals surface area contributed by atoms with E-state index in [1.165, 1.54) is 18.2 Å². The predicted molar refractivity (Wildman–Crippen MR) is 76.9 cm³/mol. The number of nitrogens with two attached hydrogens (primary N) is 1. The summed E-state index contributed by atoms with van der Waals surface area (Å²) >= 11 is 3.30. The molecule has 0 saturated carbocycles. The highest BCUT2D eigenvalue weighted by Crippen LogP contribution is 2.30. The van der Waals surface area contributed by atoms with Crippen molar-refractivity contribution in [2.24, 2.45) is 11.1 Å². The Labute approximate surface area is 125 Å². The van der Waals surface area contributed by atoms with Gasteiger partial charge in [0.25, 0.3) is 0 Å². The number of carbonyl (C=O) groups is 1. The summed E-state index contributed by atoms with van der Waals surface area (Å²) in [4.78, 5) is 17.5. The van der Waals surface area contributed by atoms with Gasteiger partial charge in [0.05, 0.1) is 29.2 Å². The Morgan fingerprint density at radius 1 is 1.60 bits per heavy atom. The van der Waals surface area contributed by atoms with Gasteiger partial charge >= 0.3 is 0 Å². The second-order valence-electron chi connectivity index (χ2n) is 4.59. The smallest absolute Gasteiger partial charge is 0.227 e. The molecule has 2 rings (SSSR count). The zero-order valence-electron chi connectivity index (χ0n) is 10.7. The molecule has 0 aliphatic carbocycles. The molecular weight excluding hydrogens is 350 g/mol. The second kappa shape index (κ2) is 5.66. The molecule has 9 heteroatoms. The molecule has 2 N–H and O–H groups in total. The van der Waals surface area contributed by atoms with Crippen LogP contribution in [0.5, 0.6) is 5.88 Å². The van der Waals surface area contributed by atoms with Crippen LogP contribution in [0.4, 0.5) is 5.69 Å². The molecule has 1 saturated heterocycles. The SMILES string of the molecule is COc1ncc(N2CC(CS(N)(=O)=O)CC2=O)cc1Br. The van der Waals surface area contributed by atoms with E-state index >= 15 is 0 Å². The maximum absolute atomic E-state index is 12.0. The largest absolute Gasteiger partial charge is 0.480 e. The molecule has 1 aromatic heterocycles. The minimum Gasteiger partial charge on any atom is -0.480 e. The van der Waals surface area contributed by atoms with Gasteiger partial charge in [0.2, 0.25) is 21.8 Å². The minimum atomic E-state index is -3.58. The number of nitrogens with zero attached hydrogens (tertiary/aromatic N) is 2. The van der Waals surface area contributed by atoms with Crippen LogP contribution in [0.2, 0.25) is 0 Å². The number of primary sulfonamides is 1. The van der Waals surface area contributed by atoms with E-state index in [1.807, 2.05) is 0 Å². The molecule has 1 aliphatic heterocycles. The maximum Gasteiger partial charge on any atom is 0.227 e. The van der Waals surface area contributed by atoms with Crippen molar-refractivity contribution < 1.29 is 17.9 Å². The van der Waals surface area contributed by atoms with Crippen molar-refractivity contribution in [1.29, 1.82) is 0 Å². The minimum absolute atomic E-state index is 0.141. The average Bonchev–Trinajstić information content (AvgIpc) is 2.67. The highest BCUT2D eigenvalue weighted by molar-refractivity contribution is 9.10. The molecule has 1 atom stereocenters. The monoisotopic (exact) mass is 363 g/mol. The molecule has 1 unspecified atom stereocenters. The number of sulfonamides is 1. The van der Waals surface area contributed by atoms with Gasteiger partial charge in [0.15, 0.2) is 0 Å². The molecule has 1 aromatic rings. The van der Waals surface area contributed by atoms with Crippen LogP contribution in [-0.2, 0) is 14.8 Å². The summed E-state index contributed by atoms with van der Waals surface area (Å²) in [5, 5.41) is 5.01. The fraction of sp³-hybridized carbons (Fsp3) is 0.455. The van der Waals surface area contributed by atoms with Crippen molar-refractivity contribution in [3.8, 4) is 5.88 Å². The molecular formula is C11H14BrN3O4S. The van der Waals surface area contributed by atoms with Crippen LogP contribution in [-0.4, -0.2) is 38.7 Å². The number of ether oxygens (including phenoxy) is 1. The normalized spacial score (nSPS) is 19.4. The molecule has 0 radical (unpaired) electrons. The van der Waals surface area contributed by atoms with Crippen LogP contribution in [0.25, 0.3) is 0 Å². The van der Waals surface area contributed by atoms with Gasteiger partial charge in [-0.15, -0.1) is 0 Å². The van der Waals surface area contributed by atoms with E-state index in [-0.39, 0.29) is 24.0 Å². The Morgan fingerprint density at radius 3 is 2.85 bits per heavy atom. The molecule has 0 bridgehead atoms. The van der Waals surface area contributed by atoms with Crippen LogP contribution < -0.4 is 14.8 Å². The lowest BCUT2D eigenvalue weighted by molar-refractivity contribution is -0.117. The first kappa shape index (κ1) is 15.2. The fourth-order valence-electron chi connectivity index (χ4n) is 2.18. The molecule has 1 fully saturated rings. The number of carbonyl (C=O) groups excluding carboxylic acids is 1. The van der Waals surface area contributed by atoms with Crippen LogP contribution in [0.1, 0.15) is 6.42 Å². The summed E-state index contributed by atoms with van der Waals surface area (Å²) in [7, 11) is -2.08. The molecule has 0 aromatic carbocycles. The van der Waals surface area contributed by atoms with Crippen molar-refractivity contribution in [3.63, 3.8) is 0 Å². The van der Waals surface area contributed by atoms with Crippen molar-refractivity contribution >= 4 is 37.5 Å². The number of aromatic nitrogens is 1. The van der Waals surface area contributed by atoms with Crippen molar-refractivity contribution in [2.75, 3.05) is 24.3 Å². The van der Waals surface area contributed by atoms with Crippen LogP contribution in [0.3, 0.4) is 0 Å². The second-order valence-corrected chi connectivity index (χ2v) is 7.10. The van der Waals surface area contributed by atoms with Gasteiger partial charge in [-0.2, -0.15) is 0 Å². The number of rotatable bonds is 4. The molecule has 20 heavy (non-hydrogen) atoms. The van der Waals surface area contributed by atoms with Gasteiger partial charge in [0.1, 0.15) is 0 Å². The fourth-order valence-corrected chi connectivity index (χ4v) is 3.56. The van der Waals surface area contributed by atoms with Crippen molar-refractivity contribution in [2.45, 2.75) is 6.42 Å². The third-order valence-electron chi connectivity index (χ3n) is 2.97. The zero-order valence-corrected chi connectivity index (χ0v) is 13.1. The van der Waals surface area contributed by atoms with Gasteiger partial charge in [-0.05, 0) is 22.0 Å². The summed E-state index contributed by atoms with van der Waals surface area (Å²) < 4.78 is 27.8. The molecule has 110 valence electrons. The predicted octanol–water partition coefficient (Wildman–Crippen LogP) is 0.494. The summed E-state index contributed by atoms with van der Waals surface area (Å²) in [6, 6.07) is 1.71. The average molecular weight is 364 g/mol. The van der Waals surface area contributed by atoms with E-state index in [0.717, 1.165) is 0 Å². The van der Waals surface area contributed by atoms with E-state index in [9.17, 15) is 13.2 Å². The van der Waals surface area contributed by atoms with Crippen LogP contribution in [0.15, 0.2) is 16.7 Å². The van der Waals surface area contributed by atoms with Crippen LogP contribution in [0, 0.1) is 5.92 Å². The quantitative estimate of drug-likeness (QED) is 0.838. The van der Waals surface area contributed by atoms with Gasteiger partial charge < -0.3 is 9.64 Å². The number of methoxy groups -OCH3 is 1. The van der Waals surface area contributed by atoms with Gasteiger partial charge in [-0.1, -0.05) is 0 Å². The first-order valence-corrected chi connectivity index (χ1v) is 8.31. The summed E-state index contributed by atoms with van der Waals surface area (Å²) in [5.74, 6) is -0.211. The number of halogens is 1. The molecule has 1 amide bonds. The van der Waals surface area contributed by atoms with Crippen molar-refractivity contribution in [3.05, 3.63) is 16.7 Å². The van der Waals surface area contributed by atoms with Gasteiger partial charge in [-0.25, -0.2) is 18.5 Å². The summed E-state index contributed by atoms with van der Waals surface area (Å²) in [6.45, 7) is 0.315. The van der Waals surface area contributed by atoms with E-state index in [4.69, 9.17) is 9.88 Å². The lowest BCUT2D eigenvalue weighted by atomic mass is 10.1. The number of anilines is 1. The zero-order chi connectivity index (χ0) is 14.9. The van der Waals surface area contributed by atoms with Gasteiger partial charge in [0, 0.05) is 18.9 Å². The Bertz CT molecular complexity index is 635. The van der Waals surface area contributed by atoms with E-state index in [1.54, 1.807) is 6.07 Å². The topological polar surface area (TPSA) is 103 Å². The molecule has 1 aliphatic rings. The third-order valence-corrected chi connectivity index (χ3v) is 4.48. The highest BCUT2D eigenvalue weighted by Gasteiger charge is 2.33. The maximum atomic E-state index is 12.0. The lowest BCUT2D eigenvalue weighted by Crippen LogP contribution is -2.27. The van der Waals surface area contributed by atoms with E-state index in [2.05, 4.69) is 20.9 Å². The summed E-state index contributed by atoms with van der Waals surface area (Å²) in [5.41, 5.74) is 0.597. The summed E-state index contributed by atoms with van der Waals surface area (Å²) in [6.07, 6.45) is 1.68. The molecule has 2 heterocycles. The Hall–Kier alpha value is -1.19.